The maximum atomic E-state index is 12.9. The lowest BCUT2D eigenvalue weighted by molar-refractivity contribution is -0.127. The van der Waals surface area contributed by atoms with Gasteiger partial charge < -0.3 is 5.32 Å². The monoisotopic (exact) mass is 339 g/mol. The standard InChI is InChI=1S/C19H25N5O/c25-19(22-17-8-9-17)18(16-6-2-1-3-7-16)23-10-4-5-15(11-23)12-24-14-20-13-21-24/h1-3,6-7,13-15,17-18H,4-5,8-12H2,(H,22,25)/t15-,18+/m1/s1. The highest BCUT2D eigenvalue weighted by Crippen LogP contribution is 2.29. The molecule has 2 aromatic rings. The van der Waals surface area contributed by atoms with Gasteiger partial charge in [0, 0.05) is 19.1 Å². The van der Waals surface area contributed by atoms with E-state index in [0.717, 1.165) is 44.5 Å². The Bertz CT molecular complexity index is 683. The van der Waals surface area contributed by atoms with Crippen LogP contribution in [0.5, 0.6) is 0 Å². The van der Waals surface area contributed by atoms with E-state index in [1.807, 2.05) is 22.9 Å². The van der Waals surface area contributed by atoms with Gasteiger partial charge in [-0.3, -0.25) is 14.4 Å². The molecule has 1 aliphatic heterocycles. The van der Waals surface area contributed by atoms with E-state index in [2.05, 4.69) is 32.4 Å². The lowest BCUT2D eigenvalue weighted by atomic mass is 9.94. The zero-order valence-corrected chi connectivity index (χ0v) is 14.4. The van der Waals surface area contributed by atoms with Crippen LogP contribution in [0.3, 0.4) is 0 Å². The second-order valence-corrected chi connectivity index (χ2v) is 7.22. The van der Waals surface area contributed by atoms with E-state index in [9.17, 15) is 4.79 Å². The molecule has 1 aromatic heterocycles. The number of hydrogen-bond acceptors (Lipinski definition) is 4. The lowest BCUT2D eigenvalue weighted by Gasteiger charge is -2.37. The lowest BCUT2D eigenvalue weighted by Crippen LogP contribution is -2.46. The maximum Gasteiger partial charge on any atom is 0.242 e. The zero-order valence-electron chi connectivity index (χ0n) is 14.4. The van der Waals surface area contributed by atoms with Crippen LogP contribution >= 0.6 is 0 Å². The maximum absolute atomic E-state index is 12.9. The molecule has 1 aliphatic carbocycles. The van der Waals surface area contributed by atoms with Gasteiger partial charge in [0.25, 0.3) is 0 Å². The van der Waals surface area contributed by atoms with Gasteiger partial charge in [0.1, 0.15) is 18.7 Å². The third kappa shape index (κ3) is 4.07. The number of piperidine rings is 1. The van der Waals surface area contributed by atoms with Crippen LogP contribution in [0.4, 0.5) is 0 Å². The molecular weight excluding hydrogens is 314 g/mol. The first-order valence-electron chi connectivity index (χ1n) is 9.21. The number of carbonyl (C=O) groups excluding carboxylic acids is 1. The summed E-state index contributed by atoms with van der Waals surface area (Å²) in [4.78, 5) is 19.3. The first-order chi connectivity index (χ1) is 12.3. The molecule has 1 saturated carbocycles. The summed E-state index contributed by atoms with van der Waals surface area (Å²) in [5, 5.41) is 7.43. The van der Waals surface area contributed by atoms with E-state index in [4.69, 9.17) is 0 Å². The van der Waals surface area contributed by atoms with Gasteiger partial charge in [-0.2, -0.15) is 5.10 Å². The Labute approximate surface area is 148 Å². The Morgan fingerprint density at radius 3 is 2.80 bits per heavy atom. The minimum Gasteiger partial charge on any atom is -0.352 e. The number of likely N-dealkylation sites (tertiary alicyclic amines) is 1. The molecule has 0 unspecified atom stereocenters. The van der Waals surface area contributed by atoms with Crippen LogP contribution < -0.4 is 5.32 Å². The summed E-state index contributed by atoms with van der Waals surface area (Å²) in [5.74, 6) is 0.644. The molecule has 1 amide bonds. The Balaban J connectivity index is 1.50. The molecule has 0 radical (unpaired) electrons. The number of nitrogens with one attached hydrogen (secondary N) is 1. The van der Waals surface area contributed by atoms with Gasteiger partial charge in [-0.1, -0.05) is 30.3 Å². The molecule has 0 spiro atoms. The predicted molar refractivity (Wildman–Crippen MR) is 94.7 cm³/mol. The molecule has 1 saturated heterocycles. The van der Waals surface area contributed by atoms with Crippen molar-refractivity contribution < 1.29 is 4.79 Å². The van der Waals surface area contributed by atoms with Crippen LogP contribution in [0.2, 0.25) is 0 Å². The second-order valence-electron chi connectivity index (χ2n) is 7.22. The summed E-state index contributed by atoms with van der Waals surface area (Å²) in [6.07, 6.45) is 7.86. The van der Waals surface area contributed by atoms with Crippen molar-refractivity contribution in [1.82, 2.24) is 25.0 Å². The van der Waals surface area contributed by atoms with Gasteiger partial charge in [-0.15, -0.1) is 0 Å². The number of amides is 1. The molecular formula is C19H25N5O. The first-order valence-corrected chi connectivity index (χ1v) is 9.21. The van der Waals surface area contributed by atoms with E-state index in [0.29, 0.717) is 12.0 Å². The summed E-state index contributed by atoms with van der Waals surface area (Å²) >= 11 is 0. The van der Waals surface area contributed by atoms with E-state index < -0.39 is 0 Å². The average molecular weight is 339 g/mol. The van der Waals surface area contributed by atoms with Crippen molar-refractivity contribution in [1.29, 1.82) is 0 Å². The van der Waals surface area contributed by atoms with Crippen molar-refractivity contribution in [3.8, 4) is 0 Å². The molecule has 25 heavy (non-hydrogen) atoms. The molecule has 2 heterocycles. The van der Waals surface area contributed by atoms with Crippen molar-refractivity contribution in [3.63, 3.8) is 0 Å². The summed E-state index contributed by atoms with van der Waals surface area (Å²) < 4.78 is 1.90. The van der Waals surface area contributed by atoms with Crippen LogP contribution in [-0.4, -0.2) is 44.7 Å². The molecule has 2 aliphatic rings. The van der Waals surface area contributed by atoms with Crippen LogP contribution in [-0.2, 0) is 11.3 Å². The summed E-state index contributed by atoms with van der Waals surface area (Å²) in [7, 11) is 0. The van der Waals surface area contributed by atoms with Crippen molar-refractivity contribution in [3.05, 3.63) is 48.5 Å². The van der Waals surface area contributed by atoms with Crippen LogP contribution in [0.15, 0.2) is 43.0 Å². The Hall–Kier alpha value is -2.21. The predicted octanol–water partition coefficient (Wildman–Crippen LogP) is 2.01. The molecule has 6 nitrogen and oxygen atoms in total. The zero-order chi connectivity index (χ0) is 17.1. The molecule has 1 N–H and O–H groups in total. The topological polar surface area (TPSA) is 63.1 Å². The van der Waals surface area contributed by atoms with Gasteiger partial charge in [0.2, 0.25) is 5.91 Å². The Morgan fingerprint density at radius 1 is 1.24 bits per heavy atom. The summed E-state index contributed by atoms with van der Waals surface area (Å²) in [6, 6.07) is 10.4. The molecule has 132 valence electrons. The van der Waals surface area contributed by atoms with Gasteiger partial charge >= 0.3 is 0 Å². The fourth-order valence-corrected chi connectivity index (χ4v) is 3.74. The highest BCUT2D eigenvalue weighted by molar-refractivity contribution is 5.83. The van der Waals surface area contributed by atoms with E-state index in [-0.39, 0.29) is 11.9 Å². The number of benzene rings is 1. The SMILES string of the molecule is O=C(NC1CC1)[C@H](c1ccccc1)N1CCC[C@@H](Cn2cncn2)C1. The number of carbonyl (C=O) groups is 1. The first kappa shape index (κ1) is 16.3. The fraction of sp³-hybridized carbons (Fsp3) is 0.526. The van der Waals surface area contributed by atoms with Gasteiger partial charge in [-0.25, -0.2) is 4.98 Å². The average Bonchev–Trinajstić information content (AvgIpc) is 3.29. The molecule has 6 heteroatoms. The van der Waals surface area contributed by atoms with Gasteiger partial charge in [0.15, 0.2) is 0 Å². The van der Waals surface area contributed by atoms with Crippen molar-refractivity contribution in [2.75, 3.05) is 13.1 Å². The number of hydrogen-bond donors (Lipinski definition) is 1. The van der Waals surface area contributed by atoms with E-state index in [1.54, 1.807) is 12.7 Å². The summed E-state index contributed by atoms with van der Waals surface area (Å²) in [5.41, 5.74) is 1.09. The highest BCUT2D eigenvalue weighted by Gasteiger charge is 2.34. The highest BCUT2D eigenvalue weighted by atomic mass is 16.2. The van der Waals surface area contributed by atoms with Crippen molar-refractivity contribution in [2.24, 2.45) is 5.92 Å². The van der Waals surface area contributed by atoms with Crippen LogP contribution in [0.1, 0.15) is 37.3 Å². The molecule has 0 bridgehead atoms. The Morgan fingerprint density at radius 2 is 2.08 bits per heavy atom. The molecule has 2 atom stereocenters. The fourth-order valence-electron chi connectivity index (χ4n) is 3.74. The molecule has 2 fully saturated rings. The number of nitrogens with zero attached hydrogens (tertiary/aromatic N) is 4. The number of rotatable bonds is 6. The second kappa shape index (κ2) is 7.35. The van der Waals surface area contributed by atoms with Crippen molar-refractivity contribution >= 4 is 5.91 Å². The minimum absolute atomic E-state index is 0.148. The minimum atomic E-state index is -0.194. The third-order valence-corrected chi connectivity index (χ3v) is 5.11. The quantitative estimate of drug-likeness (QED) is 0.874. The Kier molecular flexibility index (Phi) is 4.78. The van der Waals surface area contributed by atoms with E-state index in [1.165, 1.54) is 6.42 Å². The summed E-state index contributed by atoms with van der Waals surface area (Å²) in [6.45, 7) is 2.74. The number of aromatic nitrogens is 3. The van der Waals surface area contributed by atoms with Crippen LogP contribution in [0.25, 0.3) is 0 Å². The van der Waals surface area contributed by atoms with Gasteiger partial charge in [-0.05, 0) is 43.7 Å². The van der Waals surface area contributed by atoms with E-state index >= 15 is 0 Å². The van der Waals surface area contributed by atoms with Gasteiger partial charge in [0.05, 0.1) is 0 Å². The largest absolute Gasteiger partial charge is 0.352 e. The van der Waals surface area contributed by atoms with Crippen molar-refractivity contribution in [2.45, 2.75) is 44.3 Å². The molecule has 4 rings (SSSR count). The van der Waals surface area contributed by atoms with Crippen LogP contribution in [0, 0.1) is 5.92 Å². The normalized spacial score (nSPS) is 22.5. The smallest absolute Gasteiger partial charge is 0.242 e. The molecule has 1 aromatic carbocycles. The third-order valence-electron chi connectivity index (χ3n) is 5.11.